The minimum Gasteiger partial charge on any atom is -0.381 e. The predicted molar refractivity (Wildman–Crippen MR) is 106 cm³/mol. The standard InChI is InChI=1S/C18H19BrN2O4S/c19-14-4-5-17(18(11-14)21(22)23)20-15-3-1-2-13(10-15)12-26(24)16-6-8-25-9-7-16/h1-5,10-11,16,20H,6-9,12H2. The molecule has 0 aromatic heterocycles. The molecule has 0 spiro atoms. The number of nitro groups is 1. The van der Waals surface area contributed by atoms with Gasteiger partial charge in [0.2, 0.25) is 0 Å². The Labute approximate surface area is 162 Å². The number of anilines is 2. The van der Waals surface area contributed by atoms with E-state index in [1.165, 1.54) is 6.07 Å². The van der Waals surface area contributed by atoms with Crippen LogP contribution in [0.3, 0.4) is 0 Å². The Balaban J connectivity index is 1.73. The molecule has 0 aliphatic carbocycles. The number of hydrogen-bond acceptors (Lipinski definition) is 5. The van der Waals surface area contributed by atoms with E-state index < -0.39 is 15.7 Å². The van der Waals surface area contributed by atoms with Gasteiger partial charge < -0.3 is 10.1 Å². The van der Waals surface area contributed by atoms with Gasteiger partial charge in [-0.25, -0.2) is 0 Å². The summed E-state index contributed by atoms with van der Waals surface area (Å²) in [6.07, 6.45) is 1.66. The molecule has 1 aliphatic heterocycles. The molecule has 1 heterocycles. The number of ether oxygens (including phenoxy) is 1. The van der Waals surface area contributed by atoms with Crippen molar-refractivity contribution in [1.29, 1.82) is 0 Å². The summed E-state index contributed by atoms with van der Waals surface area (Å²) in [6, 6.07) is 12.4. The lowest BCUT2D eigenvalue weighted by molar-refractivity contribution is -0.384. The fourth-order valence-corrected chi connectivity index (χ4v) is 4.69. The van der Waals surface area contributed by atoms with E-state index in [1.807, 2.05) is 24.3 Å². The Morgan fingerprint density at radius 2 is 2.00 bits per heavy atom. The highest BCUT2D eigenvalue weighted by Gasteiger charge is 2.20. The molecular weight excluding hydrogens is 420 g/mol. The van der Waals surface area contributed by atoms with Gasteiger partial charge in [-0.3, -0.25) is 14.3 Å². The van der Waals surface area contributed by atoms with E-state index in [2.05, 4.69) is 21.2 Å². The lowest BCUT2D eigenvalue weighted by atomic mass is 10.2. The second-order valence-electron chi connectivity index (χ2n) is 6.08. The summed E-state index contributed by atoms with van der Waals surface area (Å²) in [5.74, 6) is 0.475. The Morgan fingerprint density at radius 3 is 2.73 bits per heavy atom. The largest absolute Gasteiger partial charge is 0.381 e. The molecule has 8 heteroatoms. The van der Waals surface area contributed by atoms with Crippen LogP contribution in [0, 0.1) is 10.1 Å². The number of nitrogens with one attached hydrogen (secondary N) is 1. The number of halogens is 1. The Kier molecular flexibility index (Phi) is 6.39. The molecule has 1 unspecified atom stereocenters. The molecule has 0 amide bonds. The molecule has 0 radical (unpaired) electrons. The fourth-order valence-electron chi connectivity index (χ4n) is 2.88. The highest BCUT2D eigenvalue weighted by atomic mass is 79.9. The summed E-state index contributed by atoms with van der Waals surface area (Å²) in [6.45, 7) is 1.34. The summed E-state index contributed by atoms with van der Waals surface area (Å²) in [7, 11) is -0.949. The average Bonchev–Trinajstić information content (AvgIpc) is 2.64. The molecular formula is C18H19BrN2O4S. The Morgan fingerprint density at radius 1 is 1.23 bits per heavy atom. The zero-order valence-corrected chi connectivity index (χ0v) is 16.4. The van der Waals surface area contributed by atoms with Gasteiger partial charge in [-0.1, -0.05) is 28.1 Å². The first-order chi connectivity index (χ1) is 12.5. The van der Waals surface area contributed by atoms with Gasteiger partial charge in [0.1, 0.15) is 5.69 Å². The summed E-state index contributed by atoms with van der Waals surface area (Å²) < 4.78 is 18.5. The third-order valence-electron chi connectivity index (χ3n) is 4.21. The van der Waals surface area contributed by atoms with Gasteiger partial charge in [0.15, 0.2) is 0 Å². The molecule has 2 aromatic rings. The van der Waals surface area contributed by atoms with E-state index in [-0.39, 0.29) is 10.9 Å². The summed E-state index contributed by atoms with van der Waals surface area (Å²) >= 11 is 3.25. The molecule has 1 fully saturated rings. The van der Waals surface area contributed by atoms with E-state index >= 15 is 0 Å². The van der Waals surface area contributed by atoms with Crippen molar-refractivity contribution < 1.29 is 13.9 Å². The van der Waals surface area contributed by atoms with Crippen LogP contribution >= 0.6 is 15.9 Å². The van der Waals surface area contributed by atoms with Crippen molar-refractivity contribution >= 4 is 43.8 Å². The van der Waals surface area contributed by atoms with Crippen LogP contribution in [0.5, 0.6) is 0 Å². The molecule has 26 heavy (non-hydrogen) atoms. The number of rotatable bonds is 6. The zero-order chi connectivity index (χ0) is 18.5. The van der Waals surface area contributed by atoms with E-state index in [0.717, 1.165) is 24.1 Å². The normalized spacial score (nSPS) is 16.2. The van der Waals surface area contributed by atoms with Gasteiger partial charge in [-0.05, 0) is 42.7 Å². The molecule has 1 saturated heterocycles. The van der Waals surface area contributed by atoms with E-state index in [4.69, 9.17) is 4.74 Å². The van der Waals surface area contributed by atoms with Crippen molar-refractivity contribution in [3.05, 3.63) is 62.6 Å². The van der Waals surface area contributed by atoms with Crippen LogP contribution in [0.4, 0.5) is 17.1 Å². The highest BCUT2D eigenvalue weighted by molar-refractivity contribution is 9.10. The maximum Gasteiger partial charge on any atom is 0.293 e. The monoisotopic (exact) mass is 438 g/mol. The molecule has 3 rings (SSSR count). The molecule has 0 saturated carbocycles. The van der Waals surface area contributed by atoms with Crippen LogP contribution in [0.1, 0.15) is 18.4 Å². The first-order valence-electron chi connectivity index (χ1n) is 8.28. The molecule has 2 aromatic carbocycles. The van der Waals surface area contributed by atoms with Crippen molar-refractivity contribution in [1.82, 2.24) is 0 Å². The number of nitro benzene ring substituents is 1. The lowest BCUT2D eigenvalue weighted by Gasteiger charge is -2.21. The molecule has 138 valence electrons. The number of benzene rings is 2. The molecule has 1 N–H and O–H groups in total. The first-order valence-corrected chi connectivity index (χ1v) is 10.5. The lowest BCUT2D eigenvalue weighted by Crippen LogP contribution is -2.25. The smallest absolute Gasteiger partial charge is 0.293 e. The Hall–Kier alpha value is -1.77. The van der Waals surface area contributed by atoms with Crippen LogP contribution in [0.2, 0.25) is 0 Å². The minimum atomic E-state index is -0.949. The first kappa shape index (κ1) is 19.0. The molecule has 1 atom stereocenters. The number of hydrogen-bond donors (Lipinski definition) is 1. The van der Waals surface area contributed by atoms with Crippen LogP contribution in [0.25, 0.3) is 0 Å². The maximum atomic E-state index is 12.6. The molecule has 1 aliphatic rings. The van der Waals surface area contributed by atoms with Gasteiger partial charge in [-0.2, -0.15) is 0 Å². The summed E-state index contributed by atoms with van der Waals surface area (Å²) in [5, 5.41) is 14.5. The number of nitrogens with zero attached hydrogens (tertiary/aromatic N) is 1. The summed E-state index contributed by atoms with van der Waals surface area (Å²) in [5.41, 5.74) is 2.09. The second-order valence-corrected chi connectivity index (χ2v) is 8.71. The second kappa shape index (κ2) is 8.75. The van der Waals surface area contributed by atoms with Crippen LogP contribution in [-0.2, 0) is 21.3 Å². The quantitative estimate of drug-likeness (QED) is 0.529. The fraction of sp³-hybridized carbons (Fsp3) is 0.333. The zero-order valence-electron chi connectivity index (χ0n) is 14.0. The third kappa shape index (κ3) is 4.90. The van der Waals surface area contributed by atoms with Gasteiger partial charge >= 0.3 is 0 Å². The van der Waals surface area contributed by atoms with E-state index in [0.29, 0.717) is 29.1 Å². The van der Waals surface area contributed by atoms with Crippen LogP contribution < -0.4 is 5.32 Å². The van der Waals surface area contributed by atoms with Crippen molar-refractivity contribution in [2.75, 3.05) is 18.5 Å². The topological polar surface area (TPSA) is 81.5 Å². The van der Waals surface area contributed by atoms with Gasteiger partial charge in [0, 0.05) is 51.2 Å². The third-order valence-corrected chi connectivity index (χ3v) is 6.54. The van der Waals surface area contributed by atoms with Crippen LogP contribution in [0.15, 0.2) is 46.9 Å². The van der Waals surface area contributed by atoms with Gasteiger partial charge in [0.25, 0.3) is 5.69 Å². The van der Waals surface area contributed by atoms with Crippen molar-refractivity contribution in [2.45, 2.75) is 23.8 Å². The van der Waals surface area contributed by atoms with Crippen molar-refractivity contribution in [3.63, 3.8) is 0 Å². The summed E-state index contributed by atoms with van der Waals surface area (Å²) in [4.78, 5) is 10.8. The van der Waals surface area contributed by atoms with Gasteiger partial charge in [-0.15, -0.1) is 0 Å². The van der Waals surface area contributed by atoms with Gasteiger partial charge in [0.05, 0.1) is 4.92 Å². The maximum absolute atomic E-state index is 12.6. The van der Waals surface area contributed by atoms with Crippen molar-refractivity contribution in [3.8, 4) is 0 Å². The van der Waals surface area contributed by atoms with Crippen molar-refractivity contribution in [2.24, 2.45) is 0 Å². The average molecular weight is 439 g/mol. The minimum absolute atomic E-state index is 0.00411. The molecule has 0 bridgehead atoms. The van der Waals surface area contributed by atoms with Crippen LogP contribution in [-0.4, -0.2) is 27.6 Å². The molecule has 6 nitrogen and oxygen atoms in total. The predicted octanol–water partition coefficient (Wildman–Crippen LogP) is 4.53. The SMILES string of the molecule is O=[N+]([O-])c1cc(Br)ccc1Nc1cccc(CS(=O)C2CCOCC2)c1. The van der Waals surface area contributed by atoms with E-state index in [9.17, 15) is 14.3 Å². The van der Waals surface area contributed by atoms with E-state index in [1.54, 1.807) is 12.1 Å². The highest BCUT2D eigenvalue weighted by Crippen LogP contribution is 2.31. The Bertz CT molecular complexity index is 825.